The number of carbonyl (C=O) groups is 1. The number of carboxylic acid groups (broad SMARTS) is 1. The average molecular weight is 488 g/mol. The second-order valence-electron chi connectivity index (χ2n) is 11.0. The topological polar surface area (TPSA) is 66.7 Å². The third-order valence-corrected chi connectivity index (χ3v) is 8.54. The zero-order chi connectivity index (χ0) is 24.6. The van der Waals surface area contributed by atoms with Crippen LogP contribution in [-0.2, 0) is 6.54 Å². The number of ether oxygens (including phenoxy) is 1. The number of piperidine rings is 1. The lowest BCUT2D eigenvalue weighted by Gasteiger charge is -2.34. The number of aromatic nitrogens is 1. The van der Waals surface area contributed by atoms with E-state index < -0.39 is 5.97 Å². The standard InChI is InChI=1S/C30H37N3O3/c1-32-15-13-22(14-16-32)31-23-18-33-26-17-21(30(34)35)11-12-24(26)28(20-7-3-2-4-8-20)29(33)25-9-5-6-10-27(25)36-19-23/h5-6,9-12,17,20,22-23,31H,2-4,7-8,13-16,18-19H2,1H3,(H,34,35). The molecule has 2 fully saturated rings. The lowest BCUT2D eigenvalue weighted by molar-refractivity contribution is 0.0697. The Kier molecular flexibility index (Phi) is 6.48. The molecule has 3 aliphatic rings. The fourth-order valence-corrected chi connectivity index (χ4v) is 6.65. The van der Waals surface area contributed by atoms with Crippen LogP contribution in [0.25, 0.3) is 22.2 Å². The minimum Gasteiger partial charge on any atom is -0.491 e. The molecule has 2 N–H and O–H groups in total. The SMILES string of the molecule is CN1CCC(NC2COc3ccccc3-c3c(C4CCCCC4)c4ccc(C(=O)O)cc4n3C2)CC1. The molecule has 1 aromatic heterocycles. The van der Waals surface area contributed by atoms with Crippen LogP contribution in [-0.4, -0.2) is 59.4 Å². The van der Waals surface area contributed by atoms with Crippen LogP contribution in [0.4, 0.5) is 0 Å². The maximum atomic E-state index is 12.0. The molecule has 2 aliphatic heterocycles. The lowest BCUT2D eigenvalue weighted by atomic mass is 9.81. The number of nitrogens with zero attached hydrogens (tertiary/aromatic N) is 2. The molecule has 0 radical (unpaired) electrons. The fourth-order valence-electron chi connectivity index (χ4n) is 6.65. The van der Waals surface area contributed by atoms with Crippen LogP contribution < -0.4 is 10.1 Å². The number of fused-ring (bicyclic) bond motifs is 5. The number of aromatic carboxylic acids is 1. The molecule has 0 bridgehead atoms. The summed E-state index contributed by atoms with van der Waals surface area (Å²) in [4.78, 5) is 14.3. The largest absolute Gasteiger partial charge is 0.491 e. The van der Waals surface area contributed by atoms with Gasteiger partial charge in [-0.25, -0.2) is 4.79 Å². The molecular formula is C30H37N3O3. The summed E-state index contributed by atoms with van der Waals surface area (Å²) in [5.74, 6) is 0.537. The van der Waals surface area contributed by atoms with Gasteiger partial charge in [0.15, 0.2) is 0 Å². The highest BCUT2D eigenvalue weighted by Crippen LogP contribution is 2.47. The fraction of sp³-hybridized carbons (Fsp3) is 0.500. The van der Waals surface area contributed by atoms with Crippen LogP contribution in [0.15, 0.2) is 42.5 Å². The van der Waals surface area contributed by atoms with Gasteiger partial charge in [0.2, 0.25) is 0 Å². The molecule has 36 heavy (non-hydrogen) atoms. The highest BCUT2D eigenvalue weighted by molar-refractivity contribution is 5.98. The molecule has 1 saturated carbocycles. The number of likely N-dealkylation sites (tertiary alicyclic amines) is 1. The van der Waals surface area contributed by atoms with Crippen LogP contribution in [0.5, 0.6) is 5.75 Å². The van der Waals surface area contributed by atoms with Gasteiger partial charge in [-0.3, -0.25) is 0 Å². The van der Waals surface area contributed by atoms with Crippen LogP contribution in [0, 0.1) is 0 Å². The van der Waals surface area contributed by atoms with Crippen molar-refractivity contribution >= 4 is 16.9 Å². The molecular weight excluding hydrogens is 450 g/mol. The first-order valence-electron chi connectivity index (χ1n) is 13.6. The first-order valence-corrected chi connectivity index (χ1v) is 13.6. The van der Waals surface area contributed by atoms with Crippen molar-refractivity contribution in [2.75, 3.05) is 26.7 Å². The van der Waals surface area contributed by atoms with Crippen molar-refractivity contribution in [3.63, 3.8) is 0 Å². The summed E-state index contributed by atoms with van der Waals surface area (Å²) < 4.78 is 8.90. The third kappa shape index (κ3) is 4.41. The van der Waals surface area contributed by atoms with Gasteiger partial charge in [-0.2, -0.15) is 0 Å². The number of hydrogen-bond acceptors (Lipinski definition) is 4. The Bertz CT molecular complexity index is 1250. The number of carboxylic acids is 1. The summed E-state index contributed by atoms with van der Waals surface area (Å²) in [5.41, 5.74) is 5.13. The number of para-hydroxylation sites is 1. The van der Waals surface area contributed by atoms with E-state index in [1.165, 1.54) is 48.7 Å². The van der Waals surface area contributed by atoms with Gasteiger partial charge < -0.3 is 24.6 Å². The molecule has 1 unspecified atom stereocenters. The lowest BCUT2D eigenvalue weighted by Crippen LogP contribution is -2.49. The Morgan fingerprint density at radius 1 is 1.00 bits per heavy atom. The molecule has 3 aromatic rings. The Labute approximate surface area is 213 Å². The van der Waals surface area contributed by atoms with Gasteiger partial charge in [0.05, 0.1) is 17.3 Å². The first-order chi connectivity index (χ1) is 17.6. The highest BCUT2D eigenvalue weighted by Gasteiger charge is 2.31. The van der Waals surface area contributed by atoms with E-state index in [1.54, 1.807) is 6.07 Å². The minimum absolute atomic E-state index is 0.147. The van der Waals surface area contributed by atoms with E-state index >= 15 is 0 Å². The van der Waals surface area contributed by atoms with E-state index in [-0.39, 0.29) is 6.04 Å². The van der Waals surface area contributed by atoms with Crippen molar-refractivity contribution in [1.82, 2.24) is 14.8 Å². The highest BCUT2D eigenvalue weighted by atomic mass is 16.5. The molecule has 1 aliphatic carbocycles. The molecule has 2 aromatic carbocycles. The quantitative estimate of drug-likeness (QED) is 0.509. The van der Waals surface area contributed by atoms with Crippen LogP contribution in [0.3, 0.4) is 0 Å². The van der Waals surface area contributed by atoms with Crippen LogP contribution in [0.1, 0.15) is 66.8 Å². The van der Waals surface area contributed by atoms with Crippen molar-refractivity contribution in [1.29, 1.82) is 0 Å². The van der Waals surface area contributed by atoms with Crippen molar-refractivity contribution in [2.45, 2.75) is 69.5 Å². The van der Waals surface area contributed by atoms with Gasteiger partial charge >= 0.3 is 5.97 Å². The van der Waals surface area contributed by atoms with Gasteiger partial charge in [0, 0.05) is 29.1 Å². The maximum Gasteiger partial charge on any atom is 0.335 e. The van der Waals surface area contributed by atoms with E-state index in [4.69, 9.17) is 4.74 Å². The summed E-state index contributed by atoms with van der Waals surface area (Å²) in [6.45, 7) is 3.58. The zero-order valence-corrected chi connectivity index (χ0v) is 21.2. The van der Waals surface area contributed by atoms with Crippen molar-refractivity contribution in [3.8, 4) is 17.0 Å². The monoisotopic (exact) mass is 487 g/mol. The smallest absolute Gasteiger partial charge is 0.335 e. The van der Waals surface area contributed by atoms with E-state index in [9.17, 15) is 9.90 Å². The van der Waals surface area contributed by atoms with E-state index in [0.717, 1.165) is 49.3 Å². The minimum atomic E-state index is -0.873. The van der Waals surface area contributed by atoms with Crippen LogP contribution >= 0.6 is 0 Å². The number of rotatable bonds is 4. The van der Waals surface area contributed by atoms with Crippen molar-refractivity contribution in [3.05, 3.63) is 53.6 Å². The summed E-state index contributed by atoms with van der Waals surface area (Å²) in [6.07, 6.45) is 8.46. The summed E-state index contributed by atoms with van der Waals surface area (Å²) >= 11 is 0. The summed E-state index contributed by atoms with van der Waals surface area (Å²) in [6, 6.07) is 14.8. The van der Waals surface area contributed by atoms with Crippen molar-refractivity contribution in [2.24, 2.45) is 0 Å². The molecule has 3 heterocycles. The average Bonchev–Trinajstić information content (AvgIpc) is 3.20. The second-order valence-corrected chi connectivity index (χ2v) is 11.0. The molecule has 0 spiro atoms. The Hall–Kier alpha value is -2.83. The van der Waals surface area contributed by atoms with E-state index in [0.29, 0.717) is 24.1 Å². The van der Waals surface area contributed by atoms with Gasteiger partial charge in [0.1, 0.15) is 12.4 Å². The number of benzene rings is 2. The zero-order valence-electron chi connectivity index (χ0n) is 21.2. The predicted octanol–water partition coefficient (Wildman–Crippen LogP) is 5.50. The van der Waals surface area contributed by atoms with E-state index in [2.05, 4.69) is 52.2 Å². The van der Waals surface area contributed by atoms with Gasteiger partial charge in [0.25, 0.3) is 0 Å². The predicted molar refractivity (Wildman–Crippen MR) is 143 cm³/mol. The molecule has 0 amide bonds. The molecule has 1 saturated heterocycles. The molecule has 6 rings (SSSR count). The maximum absolute atomic E-state index is 12.0. The molecule has 190 valence electrons. The van der Waals surface area contributed by atoms with Crippen molar-refractivity contribution < 1.29 is 14.6 Å². The van der Waals surface area contributed by atoms with E-state index in [1.807, 2.05) is 6.07 Å². The molecule has 6 heteroatoms. The first kappa shape index (κ1) is 23.6. The Balaban J connectivity index is 1.51. The molecule has 6 nitrogen and oxygen atoms in total. The third-order valence-electron chi connectivity index (χ3n) is 8.54. The van der Waals surface area contributed by atoms with Crippen LogP contribution in [0.2, 0.25) is 0 Å². The Morgan fingerprint density at radius 2 is 1.78 bits per heavy atom. The molecule has 1 atom stereocenters. The normalized spacial score (nSPS) is 21.9. The summed E-state index contributed by atoms with van der Waals surface area (Å²) in [5, 5.41) is 14.9. The van der Waals surface area contributed by atoms with Gasteiger partial charge in [-0.05, 0) is 81.6 Å². The second kappa shape index (κ2) is 9.91. The van der Waals surface area contributed by atoms with Gasteiger partial charge in [-0.1, -0.05) is 37.5 Å². The van der Waals surface area contributed by atoms with Gasteiger partial charge in [-0.15, -0.1) is 0 Å². The Morgan fingerprint density at radius 3 is 2.56 bits per heavy atom. The number of nitrogens with one attached hydrogen (secondary N) is 1. The number of hydrogen-bond donors (Lipinski definition) is 2. The summed E-state index contributed by atoms with van der Waals surface area (Å²) in [7, 11) is 2.19.